The summed E-state index contributed by atoms with van der Waals surface area (Å²) in [5.41, 5.74) is 0. The van der Waals surface area contributed by atoms with Gasteiger partial charge in [0, 0.05) is 13.1 Å². The fraction of sp³-hybridized carbons (Fsp3) is 0.444. The van der Waals surface area contributed by atoms with Crippen molar-refractivity contribution in [1.29, 1.82) is 0 Å². The highest BCUT2D eigenvalue weighted by atomic mass is 32.2. The fourth-order valence-corrected chi connectivity index (χ4v) is 2.48. The molecule has 7 nitrogen and oxygen atoms in total. The molecule has 8 heteroatoms. The first-order valence-electron chi connectivity index (χ1n) is 5.02. The maximum atomic E-state index is 11.8. The average molecular weight is 260 g/mol. The van der Waals surface area contributed by atoms with Crippen LogP contribution in [0.15, 0.2) is 21.6 Å². The van der Waals surface area contributed by atoms with Crippen LogP contribution in [0.3, 0.4) is 0 Å². The molecule has 0 aromatic carbocycles. The van der Waals surface area contributed by atoms with E-state index in [1.165, 1.54) is 17.1 Å². The molecule has 94 valence electrons. The van der Waals surface area contributed by atoms with E-state index in [-0.39, 0.29) is 10.9 Å². The van der Waals surface area contributed by atoms with Crippen molar-refractivity contribution < 1.29 is 22.4 Å². The highest BCUT2D eigenvalue weighted by molar-refractivity contribution is 7.89. The van der Waals surface area contributed by atoms with Crippen LogP contribution in [0.4, 0.5) is 0 Å². The summed E-state index contributed by atoms with van der Waals surface area (Å²) in [7, 11) is -3.75. The van der Waals surface area contributed by atoms with Crippen molar-refractivity contribution in [3.05, 3.63) is 17.9 Å². The molecule has 1 N–H and O–H groups in total. The summed E-state index contributed by atoms with van der Waals surface area (Å²) in [6, 6.07) is 2.55. The molecule has 1 saturated heterocycles. The molecule has 0 spiro atoms. The molecule has 0 unspecified atom stereocenters. The lowest BCUT2D eigenvalue weighted by Gasteiger charge is -2.26. The van der Waals surface area contributed by atoms with Crippen molar-refractivity contribution in [2.24, 2.45) is 0 Å². The molecule has 1 aromatic rings. The van der Waals surface area contributed by atoms with Crippen LogP contribution < -0.4 is 4.83 Å². The molecule has 0 saturated carbocycles. The van der Waals surface area contributed by atoms with Crippen LogP contribution in [-0.2, 0) is 14.8 Å². The van der Waals surface area contributed by atoms with Gasteiger partial charge in [-0.05, 0) is 12.1 Å². The second-order valence-corrected chi connectivity index (χ2v) is 5.06. The van der Waals surface area contributed by atoms with Gasteiger partial charge in [-0.15, -0.1) is 4.83 Å². The molecule has 1 aromatic heterocycles. The van der Waals surface area contributed by atoms with Crippen LogP contribution in [0.25, 0.3) is 0 Å². The molecule has 1 aliphatic heterocycles. The number of nitrogens with zero attached hydrogens (tertiary/aromatic N) is 1. The first-order valence-corrected chi connectivity index (χ1v) is 6.50. The van der Waals surface area contributed by atoms with Gasteiger partial charge in [-0.2, -0.15) is 0 Å². The highest BCUT2D eigenvalue weighted by Gasteiger charge is 2.23. The van der Waals surface area contributed by atoms with Crippen LogP contribution in [0.1, 0.15) is 10.6 Å². The topological polar surface area (TPSA) is 88.9 Å². The fourth-order valence-electron chi connectivity index (χ4n) is 1.41. The summed E-state index contributed by atoms with van der Waals surface area (Å²) < 4.78 is 33.6. The van der Waals surface area contributed by atoms with E-state index in [4.69, 9.17) is 9.15 Å². The van der Waals surface area contributed by atoms with E-state index < -0.39 is 10.0 Å². The minimum atomic E-state index is -3.75. The number of rotatable bonds is 4. The quantitative estimate of drug-likeness (QED) is 0.742. The van der Waals surface area contributed by atoms with Gasteiger partial charge in [-0.3, -0.25) is 4.79 Å². The standard InChI is InChI=1S/C9H12N2O5S/c12-7-8-1-2-9(16-8)17(13,14)10-11-3-5-15-6-4-11/h1-2,7,10H,3-6H2. The van der Waals surface area contributed by atoms with Crippen molar-refractivity contribution in [2.45, 2.75) is 5.09 Å². The Morgan fingerprint density at radius 3 is 2.59 bits per heavy atom. The number of hydrogen-bond donors (Lipinski definition) is 1. The molecular weight excluding hydrogens is 248 g/mol. The van der Waals surface area contributed by atoms with Crippen LogP contribution in [0.2, 0.25) is 0 Å². The molecule has 1 aliphatic rings. The Morgan fingerprint density at radius 1 is 1.29 bits per heavy atom. The summed E-state index contributed by atoms with van der Waals surface area (Å²) in [4.78, 5) is 12.8. The zero-order valence-electron chi connectivity index (χ0n) is 8.96. The SMILES string of the molecule is O=Cc1ccc(S(=O)(=O)NN2CCOCC2)o1. The number of aldehydes is 1. The summed E-state index contributed by atoms with van der Waals surface area (Å²) in [5, 5.41) is 1.26. The van der Waals surface area contributed by atoms with Crippen LogP contribution in [-0.4, -0.2) is 46.0 Å². The number of ether oxygens (including phenoxy) is 1. The van der Waals surface area contributed by atoms with Gasteiger partial charge in [-0.25, -0.2) is 13.4 Å². The number of carbonyl (C=O) groups is 1. The van der Waals surface area contributed by atoms with E-state index in [2.05, 4.69) is 4.83 Å². The Hall–Kier alpha value is -1.22. The van der Waals surface area contributed by atoms with Gasteiger partial charge in [-0.1, -0.05) is 0 Å². The predicted molar refractivity (Wildman–Crippen MR) is 56.8 cm³/mol. The number of sulfonamides is 1. The summed E-state index contributed by atoms with van der Waals surface area (Å²) in [6.45, 7) is 1.89. The Kier molecular flexibility index (Phi) is 3.57. The predicted octanol–water partition coefficient (Wildman–Crippen LogP) is -0.382. The van der Waals surface area contributed by atoms with Gasteiger partial charge >= 0.3 is 0 Å². The molecule has 0 radical (unpaired) electrons. The van der Waals surface area contributed by atoms with Gasteiger partial charge in [0.05, 0.1) is 13.2 Å². The first-order chi connectivity index (χ1) is 8.12. The Morgan fingerprint density at radius 2 is 2.00 bits per heavy atom. The lowest BCUT2D eigenvalue weighted by Crippen LogP contribution is -2.48. The normalized spacial score (nSPS) is 18.1. The zero-order chi connectivity index (χ0) is 12.3. The zero-order valence-corrected chi connectivity index (χ0v) is 9.77. The van der Waals surface area contributed by atoms with Gasteiger partial charge in [0.15, 0.2) is 12.0 Å². The molecule has 0 atom stereocenters. The smallest absolute Gasteiger partial charge is 0.286 e. The van der Waals surface area contributed by atoms with E-state index >= 15 is 0 Å². The lowest BCUT2D eigenvalue weighted by atomic mass is 10.5. The Balaban J connectivity index is 2.09. The maximum Gasteiger partial charge on any atom is 0.286 e. The van der Waals surface area contributed by atoms with E-state index in [1.807, 2.05) is 0 Å². The molecule has 0 amide bonds. The molecule has 2 heterocycles. The first kappa shape index (κ1) is 12.2. The average Bonchev–Trinajstić information content (AvgIpc) is 2.79. The second kappa shape index (κ2) is 4.96. The van der Waals surface area contributed by atoms with Crippen molar-refractivity contribution in [1.82, 2.24) is 9.84 Å². The molecule has 2 rings (SSSR count). The second-order valence-electron chi connectivity index (χ2n) is 3.47. The van der Waals surface area contributed by atoms with E-state index in [9.17, 15) is 13.2 Å². The third kappa shape index (κ3) is 2.91. The minimum absolute atomic E-state index is 0.0210. The summed E-state index contributed by atoms with van der Waals surface area (Å²) >= 11 is 0. The molecule has 0 aliphatic carbocycles. The van der Waals surface area contributed by atoms with Crippen molar-refractivity contribution in [3.8, 4) is 0 Å². The maximum absolute atomic E-state index is 11.8. The Bertz CT molecular complexity index is 489. The van der Waals surface area contributed by atoms with E-state index in [0.717, 1.165) is 0 Å². The third-order valence-electron chi connectivity index (χ3n) is 2.24. The van der Waals surface area contributed by atoms with Gasteiger partial charge in [0.1, 0.15) is 0 Å². The van der Waals surface area contributed by atoms with Gasteiger partial charge in [0.2, 0.25) is 5.09 Å². The summed E-state index contributed by atoms with van der Waals surface area (Å²) in [6.07, 6.45) is 0.452. The lowest BCUT2D eigenvalue weighted by molar-refractivity contribution is 0.0270. The summed E-state index contributed by atoms with van der Waals surface area (Å²) in [5.74, 6) is -0.0210. The number of morpholine rings is 1. The van der Waals surface area contributed by atoms with Gasteiger partial charge in [0.25, 0.3) is 10.0 Å². The monoisotopic (exact) mass is 260 g/mol. The van der Waals surface area contributed by atoms with Crippen LogP contribution in [0.5, 0.6) is 0 Å². The van der Waals surface area contributed by atoms with E-state index in [0.29, 0.717) is 32.6 Å². The molecule has 1 fully saturated rings. The number of hydrazine groups is 1. The number of carbonyl (C=O) groups excluding carboxylic acids is 1. The van der Waals surface area contributed by atoms with E-state index in [1.54, 1.807) is 0 Å². The van der Waals surface area contributed by atoms with Crippen LogP contribution >= 0.6 is 0 Å². The largest absolute Gasteiger partial charge is 0.440 e. The Labute approximate surface area is 98.4 Å². The molecule has 17 heavy (non-hydrogen) atoms. The number of hydrogen-bond acceptors (Lipinski definition) is 6. The third-order valence-corrected chi connectivity index (χ3v) is 3.49. The van der Waals surface area contributed by atoms with Crippen LogP contribution in [0, 0.1) is 0 Å². The van der Waals surface area contributed by atoms with Crippen molar-refractivity contribution >= 4 is 16.3 Å². The number of nitrogens with one attached hydrogen (secondary N) is 1. The molecular formula is C9H12N2O5S. The van der Waals surface area contributed by atoms with Crippen molar-refractivity contribution in [2.75, 3.05) is 26.3 Å². The number of furan rings is 1. The highest BCUT2D eigenvalue weighted by Crippen LogP contribution is 2.12. The van der Waals surface area contributed by atoms with Crippen molar-refractivity contribution in [3.63, 3.8) is 0 Å². The molecule has 0 bridgehead atoms. The minimum Gasteiger partial charge on any atom is -0.440 e. The van der Waals surface area contributed by atoms with Gasteiger partial charge < -0.3 is 9.15 Å².